The summed E-state index contributed by atoms with van der Waals surface area (Å²) < 4.78 is 4.81. The third-order valence-corrected chi connectivity index (χ3v) is 15.1. The zero-order valence-corrected chi connectivity index (χ0v) is 43.3. The van der Waals surface area contributed by atoms with Gasteiger partial charge in [-0.1, -0.05) is 150 Å². The molecule has 4 nitrogen and oxygen atoms in total. The first-order chi connectivity index (χ1) is 30.5. The Morgan fingerprint density at radius 2 is 1.43 bits per heavy atom. The van der Waals surface area contributed by atoms with Gasteiger partial charge in [-0.15, -0.1) is 54.1 Å². The van der Waals surface area contributed by atoms with Crippen LogP contribution in [0.4, 0.5) is 0 Å². The van der Waals surface area contributed by atoms with Crippen LogP contribution in [0, 0.1) is 24.5 Å². The number of imidazole rings is 1. The molecule has 0 bridgehead atoms. The number of benzene rings is 6. The molecule has 0 unspecified atom stereocenters. The SMILES string of the molecule is CC(C)(C)Cc1cc(-c2[c-]cccc2)ncc1[Si](C)(C)C.Cc1ccc2c(c1)sc1c(-c3nc4c5ccccc5ncc4n3-c3ccc(-c4ccccc4)cc3C(C)(C)C)[c-]ccc12.[Ir]. The largest absolute Gasteiger partial charge is 0.332 e. The number of fused-ring (bicyclic) bond motifs is 6. The van der Waals surface area contributed by atoms with Crippen molar-refractivity contribution in [1.82, 2.24) is 19.5 Å². The summed E-state index contributed by atoms with van der Waals surface area (Å²) in [6, 6.07) is 54.0. The van der Waals surface area contributed by atoms with Crippen molar-refractivity contribution in [2.75, 3.05) is 0 Å². The van der Waals surface area contributed by atoms with Crippen LogP contribution < -0.4 is 5.19 Å². The van der Waals surface area contributed by atoms with Gasteiger partial charge in [-0.05, 0) is 91.7 Å². The zero-order valence-electron chi connectivity index (χ0n) is 39.1. The second kappa shape index (κ2) is 18.0. The van der Waals surface area contributed by atoms with Crippen molar-refractivity contribution in [2.24, 2.45) is 5.41 Å². The van der Waals surface area contributed by atoms with E-state index in [9.17, 15) is 0 Å². The molecule has 10 rings (SSSR count). The van der Waals surface area contributed by atoms with Gasteiger partial charge in [-0.25, -0.2) is 0 Å². The number of para-hydroxylation sites is 1. The Bertz CT molecular complexity index is 3310. The van der Waals surface area contributed by atoms with Gasteiger partial charge in [0.2, 0.25) is 0 Å². The molecule has 7 heteroatoms. The standard InChI is InChI=1S/C39H30N3S.C19H26NSi.Ir/c1-24-17-19-27-28-14-10-15-30(37(28)43-35(27)21-24)38-41-36-29-13-8-9-16-32(29)40-23-34(36)42(38)33-20-18-26(22-31(33)39(2,3)4)25-11-6-5-7-12-25;1-19(2,3)13-16-12-17(15-10-8-7-9-11-15)20-14-18(16)21(4,5)6;/h5-14,16-23H,1-4H3;7-10,12,14H,13H2,1-6H3;/q2*-1;. The van der Waals surface area contributed by atoms with Gasteiger partial charge in [-0.3, -0.25) is 9.97 Å². The molecular weight excluding hydrogens is 1010 g/mol. The Balaban J connectivity index is 0.000000222. The summed E-state index contributed by atoms with van der Waals surface area (Å²) in [5, 5.41) is 5.05. The van der Waals surface area contributed by atoms with Crippen molar-refractivity contribution in [1.29, 1.82) is 0 Å². The maximum Gasteiger partial charge on any atom is 0.0884 e. The molecule has 0 fully saturated rings. The van der Waals surface area contributed by atoms with E-state index in [1.807, 2.05) is 47.9 Å². The second-order valence-electron chi connectivity index (χ2n) is 20.3. The van der Waals surface area contributed by atoms with Crippen LogP contribution >= 0.6 is 11.3 Å². The third-order valence-electron chi connectivity index (χ3n) is 11.9. The van der Waals surface area contributed by atoms with E-state index in [-0.39, 0.29) is 30.9 Å². The molecule has 0 N–H and O–H groups in total. The van der Waals surface area contributed by atoms with E-state index in [1.165, 1.54) is 53.2 Å². The number of rotatable bonds is 6. The molecule has 65 heavy (non-hydrogen) atoms. The van der Waals surface area contributed by atoms with E-state index in [1.54, 1.807) is 0 Å². The second-order valence-corrected chi connectivity index (χ2v) is 26.4. The maximum absolute atomic E-state index is 5.43. The first kappa shape index (κ1) is 46.0. The number of aromatic nitrogens is 4. The maximum atomic E-state index is 5.43. The number of thiophene rings is 1. The van der Waals surface area contributed by atoms with E-state index < -0.39 is 8.07 Å². The number of aryl methyl sites for hydroxylation is 1. The van der Waals surface area contributed by atoms with Crippen LogP contribution in [0.25, 0.3) is 81.6 Å². The van der Waals surface area contributed by atoms with E-state index >= 15 is 0 Å². The minimum atomic E-state index is -1.37. The van der Waals surface area contributed by atoms with Crippen LogP contribution in [0.2, 0.25) is 19.6 Å². The normalized spacial score (nSPS) is 12.1. The molecule has 4 aromatic heterocycles. The van der Waals surface area contributed by atoms with Crippen LogP contribution in [0.3, 0.4) is 0 Å². The van der Waals surface area contributed by atoms with Gasteiger partial charge >= 0.3 is 0 Å². The fraction of sp³-hybridized carbons (Fsp3) is 0.224. The van der Waals surface area contributed by atoms with Gasteiger partial charge in [0.15, 0.2) is 0 Å². The van der Waals surface area contributed by atoms with E-state index in [0.29, 0.717) is 0 Å². The van der Waals surface area contributed by atoms with Crippen LogP contribution in [0.5, 0.6) is 0 Å². The topological polar surface area (TPSA) is 43.6 Å². The first-order valence-electron chi connectivity index (χ1n) is 22.3. The minimum absolute atomic E-state index is 0. The summed E-state index contributed by atoms with van der Waals surface area (Å²) in [5.41, 5.74) is 13.7. The molecular formula is C58H56IrN4SSi-2. The van der Waals surface area contributed by atoms with Crippen molar-refractivity contribution >= 4 is 66.7 Å². The predicted molar refractivity (Wildman–Crippen MR) is 277 cm³/mol. The number of hydrogen-bond acceptors (Lipinski definition) is 4. The smallest absolute Gasteiger partial charge is 0.0884 e. The fourth-order valence-corrected chi connectivity index (χ4v) is 11.7. The van der Waals surface area contributed by atoms with Crippen molar-refractivity contribution in [3.05, 3.63) is 175 Å². The molecule has 0 spiro atoms. The Hall–Kier alpha value is -5.56. The van der Waals surface area contributed by atoms with Crippen molar-refractivity contribution in [3.8, 4) is 39.5 Å². The van der Waals surface area contributed by atoms with Gasteiger partial charge in [-0.2, -0.15) is 11.3 Å². The van der Waals surface area contributed by atoms with E-state index in [0.717, 1.165) is 56.7 Å². The first-order valence-corrected chi connectivity index (χ1v) is 26.6. The molecule has 329 valence electrons. The van der Waals surface area contributed by atoms with Crippen LogP contribution in [-0.4, -0.2) is 27.6 Å². The molecule has 0 saturated carbocycles. The Morgan fingerprint density at radius 1 is 0.677 bits per heavy atom. The molecule has 10 aromatic rings. The monoisotopic (exact) mass is 1060 g/mol. The number of nitrogens with zero attached hydrogens (tertiary/aromatic N) is 4. The van der Waals surface area contributed by atoms with Gasteiger partial charge in [0.25, 0.3) is 0 Å². The van der Waals surface area contributed by atoms with Gasteiger partial charge in [0.1, 0.15) is 0 Å². The van der Waals surface area contributed by atoms with Gasteiger partial charge in [0, 0.05) is 42.1 Å². The van der Waals surface area contributed by atoms with Crippen molar-refractivity contribution < 1.29 is 20.1 Å². The average Bonchev–Trinajstić information content (AvgIpc) is 3.84. The molecule has 4 heterocycles. The van der Waals surface area contributed by atoms with E-state index in [4.69, 9.17) is 15.0 Å². The molecule has 0 aliphatic heterocycles. The molecule has 0 aliphatic carbocycles. The summed E-state index contributed by atoms with van der Waals surface area (Å²) in [4.78, 5) is 15.0. The molecule has 0 saturated heterocycles. The summed E-state index contributed by atoms with van der Waals surface area (Å²) in [6.07, 6.45) is 5.19. The predicted octanol–water partition coefficient (Wildman–Crippen LogP) is 15.4. The van der Waals surface area contributed by atoms with E-state index in [2.05, 4.69) is 194 Å². The molecule has 0 amide bonds. The summed E-state index contributed by atoms with van der Waals surface area (Å²) >= 11 is 1.82. The Morgan fingerprint density at radius 3 is 2.15 bits per heavy atom. The fourth-order valence-electron chi connectivity index (χ4n) is 8.83. The van der Waals surface area contributed by atoms with Crippen LogP contribution in [0.1, 0.15) is 58.2 Å². The Kier molecular flexibility index (Phi) is 12.7. The zero-order chi connectivity index (χ0) is 45.0. The van der Waals surface area contributed by atoms with Crippen molar-refractivity contribution in [2.45, 2.75) is 79.9 Å². The van der Waals surface area contributed by atoms with Gasteiger partial charge < -0.3 is 9.55 Å². The van der Waals surface area contributed by atoms with Crippen LogP contribution in [-0.2, 0) is 31.9 Å². The Labute approximate surface area is 403 Å². The molecule has 0 atom stereocenters. The van der Waals surface area contributed by atoms with Crippen LogP contribution in [0.15, 0.2) is 146 Å². The molecule has 6 aromatic carbocycles. The quantitative estimate of drug-likeness (QED) is 0.123. The minimum Gasteiger partial charge on any atom is -0.332 e. The molecule has 1 radical (unpaired) electrons. The summed E-state index contributed by atoms with van der Waals surface area (Å²) in [6.45, 7) is 23.1. The summed E-state index contributed by atoms with van der Waals surface area (Å²) in [7, 11) is -1.37. The number of pyridine rings is 2. The molecule has 0 aliphatic rings. The van der Waals surface area contributed by atoms with Gasteiger partial charge in [0.05, 0.1) is 36.6 Å². The number of hydrogen-bond donors (Lipinski definition) is 0. The average molecular weight is 1060 g/mol. The third kappa shape index (κ3) is 9.44. The van der Waals surface area contributed by atoms with Crippen molar-refractivity contribution in [3.63, 3.8) is 0 Å². The summed E-state index contributed by atoms with van der Waals surface area (Å²) in [5.74, 6) is 0.889.